The molecule has 0 aliphatic carbocycles. The number of carbonyl (C=O) groups is 2. The Bertz CT molecular complexity index is 1460. The number of aromatic nitrogens is 4. The van der Waals surface area contributed by atoms with Crippen LogP contribution in [0.25, 0.3) is 11.3 Å². The molecule has 0 bridgehead atoms. The molecule has 1 atom stereocenters. The molecule has 1 saturated heterocycles. The van der Waals surface area contributed by atoms with Crippen molar-refractivity contribution in [3.8, 4) is 11.3 Å². The van der Waals surface area contributed by atoms with Crippen LogP contribution in [0.2, 0.25) is 0 Å². The maximum Gasteiger partial charge on any atom is 0.277 e. The van der Waals surface area contributed by atoms with Gasteiger partial charge in [0.1, 0.15) is 11.9 Å². The van der Waals surface area contributed by atoms with Crippen molar-refractivity contribution in [2.45, 2.75) is 24.9 Å². The maximum atomic E-state index is 13.7. The fourth-order valence-electron chi connectivity index (χ4n) is 4.65. The Kier molecular flexibility index (Phi) is 9.08. The number of amides is 2. The van der Waals surface area contributed by atoms with E-state index in [-0.39, 0.29) is 23.9 Å². The van der Waals surface area contributed by atoms with Gasteiger partial charge in [-0.25, -0.2) is 14.4 Å². The van der Waals surface area contributed by atoms with Crippen LogP contribution in [0, 0.1) is 5.82 Å². The molecule has 2 aromatic carbocycles. The summed E-state index contributed by atoms with van der Waals surface area (Å²) in [5.41, 5.74) is 8.17. The summed E-state index contributed by atoms with van der Waals surface area (Å²) in [7, 11) is 1.51. The van der Waals surface area contributed by atoms with Crippen molar-refractivity contribution in [1.82, 2.24) is 30.0 Å². The van der Waals surface area contributed by atoms with Gasteiger partial charge in [0, 0.05) is 24.5 Å². The van der Waals surface area contributed by atoms with E-state index in [2.05, 4.69) is 25.7 Å². The monoisotopic (exact) mass is 564 g/mol. The standard InChI is InChI=1S/C28H29FN8O2.ClH/c1-36(25(18-5-3-2-4-6-18)27(38)34-21-9-7-20(29)8-10-21)28(39)24-26(30)32-16-23(35-24)19-15-33-37(17-19)22-11-13-31-14-12-22;/h2-10,15-17,22,25,31H,11-14H2,1H3,(H2,30,32)(H,34,38);1H/t25-;/m1./s1. The Morgan fingerprint density at radius 3 is 2.50 bits per heavy atom. The van der Waals surface area contributed by atoms with Gasteiger partial charge in [0.25, 0.3) is 11.8 Å². The van der Waals surface area contributed by atoms with Crippen molar-refractivity contribution in [2.24, 2.45) is 0 Å². The van der Waals surface area contributed by atoms with Crippen LogP contribution in [0.4, 0.5) is 15.9 Å². The van der Waals surface area contributed by atoms with Crippen LogP contribution in [0.3, 0.4) is 0 Å². The predicted octanol–water partition coefficient (Wildman–Crippen LogP) is 3.86. The van der Waals surface area contributed by atoms with Crippen molar-refractivity contribution >= 4 is 35.7 Å². The molecule has 3 heterocycles. The molecule has 40 heavy (non-hydrogen) atoms. The molecule has 0 unspecified atom stereocenters. The number of hydrogen-bond acceptors (Lipinski definition) is 7. The number of hydrogen-bond donors (Lipinski definition) is 3. The van der Waals surface area contributed by atoms with Crippen molar-refractivity contribution in [2.75, 3.05) is 31.2 Å². The molecule has 1 fully saturated rings. The molecule has 5 rings (SSSR count). The minimum atomic E-state index is -1.02. The van der Waals surface area contributed by atoms with E-state index in [4.69, 9.17) is 5.73 Å². The third-order valence-corrected chi connectivity index (χ3v) is 6.77. The Morgan fingerprint density at radius 2 is 1.80 bits per heavy atom. The number of nitrogens with zero attached hydrogens (tertiary/aromatic N) is 5. The number of halogens is 2. The van der Waals surface area contributed by atoms with Gasteiger partial charge < -0.3 is 21.3 Å². The third-order valence-electron chi connectivity index (χ3n) is 6.77. The van der Waals surface area contributed by atoms with Crippen LogP contribution in [0.15, 0.2) is 73.2 Å². The van der Waals surface area contributed by atoms with E-state index in [0.29, 0.717) is 28.6 Å². The van der Waals surface area contributed by atoms with E-state index in [1.165, 1.54) is 42.4 Å². The first-order chi connectivity index (χ1) is 18.9. The Labute approximate surface area is 237 Å². The molecule has 0 saturated carbocycles. The van der Waals surface area contributed by atoms with Gasteiger partial charge in [-0.05, 0) is 55.8 Å². The van der Waals surface area contributed by atoms with Gasteiger partial charge in [-0.15, -0.1) is 12.4 Å². The van der Waals surface area contributed by atoms with Gasteiger partial charge in [0.05, 0.1) is 24.1 Å². The van der Waals surface area contributed by atoms with Gasteiger partial charge >= 0.3 is 0 Å². The summed E-state index contributed by atoms with van der Waals surface area (Å²) in [6.07, 6.45) is 7.06. The summed E-state index contributed by atoms with van der Waals surface area (Å²) >= 11 is 0. The molecule has 208 valence electrons. The molecular formula is C28H30ClFN8O2. The molecule has 4 aromatic rings. The first-order valence-corrected chi connectivity index (χ1v) is 12.7. The topological polar surface area (TPSA) is 131 Å². The number of anilines is 2. The Hall–Kier alpha value is -4.35. The molecule has 12 heteroatoms. The quantitative estimate of drug-likeness (QED) is 0.310. The number of benzene rings is 2. The maximum absolute atomic E-state index is 13.7. The molecule has 0 spiro atoms. The Balaban J connectivity index is 0.00000370. The number of nitrogens with two attached hydrogens (primary N) is 1. The molecular weight excluding hydrogens is 535 g/mol. The van der Waals surface area contributed by atoms with Crippen molar-refractivity contribution in [3.63, 3.8) is 0 Å². The normalized spacial score (nSPS) is 14.2. The van der Waals surface area contributed by atoms with Crippen molar-refractivity contribution in [1.29, 1.82) is 0 Å². The SMILES string of the molecule is CN(C(=O)c1nc(-c2cnn(C3CCNCC3)c2)cnc1N)[C@@H](C(=O)Nc1ccc(F)cc1)c1ccccc1.Cl. The summed E-state index contributed by atoms with van der Waals surface area (Å²) in [4.78, 5) is 37.2. The first-order valence-electron chi connectivity index (χ1n) is 12.7. The zero-order valence-electron chi connectivity index (χ0n) is 21.8. The number of likely N-dealkylation sites (N-methyl/N-ethyl adjacent to an activating group) is 1. The lowest BCUT2D eigenvalue weighted by Crippen LogP contribution is -2.39. The molecule has 1 aliphatic heterocycles. The minimum absolute atomic E-state index is 0. The number of nitrogen functional groups attached to an aromatic ring is 1. The number of rotatable bonds is 7. The first kappa shape index (κ1) is 28.7. The lowest BCUT2D eigenvalue weighted by molar-refractivity contribution is -0.120. The highest BCUT2D eigenvalue weighted by Crippen LogP contribution is 2.27. The molecule has 0 radical (unpaired) electrons. The average Bonchev–Trinajstić information content (AvgIpc) is 3.46. The van der Waals surface area contributed by atoms with Crippen LogP contribution in [0.5, 0.6) is 0 Å². The highest BCUT2D eigenvalue weighted by Gasteiger charge is 2.31. The summed E-state index contributed by atoms with van der Waals surface area (Å²) in [5, 5.41) is 10.6. The van der Waals surface area contributed by atoms with Gasteiger partial charge in [0.15, 0.2) is 11.5 Å². The zero-order valence-corrected chi connectivity index (χ0v) is 22.6. The molecule has 1 aliphatic rings. The van der Waals surface area contributed by atoms with Crippen LogP contribution in [-0.4, -0.2) is 56.6 Å². The van der Waals surface area contributed by atoms with Crippen molar-refractivity contribution in [3.05, 3.63) is 90.3 Å². The molecule has 4 N–H and O–H groups in total. The number of carbonyl (C=O) groups excluding carboxylic acids is 2. The van der Waals surface area contributed by atoms with Crippen molar-refractivity contribution < 1.29 is 14.0 Å². The molecule has 2 aromatic heterocycles. The van der Waals surface area contributed by atoms with E-state index < -0.39 is 23.7 Å². The molecule has 10 nitrogen and oxygen atoms in total. The van der Waals surface area contributed by atoms with Gasteiger partial charge in [-0.3, -0.25) is 14.3 Å². The zero-order chi connectivity index (χ0) is 27.4. The predicted molar refractivity (Wildman–Crippen MR) is 152 cm³/mol. The number of piperidine rings is 1. The number of nitrogens with one attached hydrogen (secondary N) is 2. The van der Waals surface area contributed by atoms with Gasteiger partial charge in [-0.1, -0.05) is 30.3 Å². The van der Waals surface area contributed by atoms with Gasteiger partial charge in [0.2, 0.25) is 0 Å². The van der Waals surface area contributed by atoms with E-state index in [1.807, 2.05) is 16.9 Å². The van der Waals surface area contributed by atoms with Crippen LogP contribution < -0.4 is 16.4 Å². The second kappa shape index (κ2) is 12.7. The average molecular weight is 565 g/mol. The van der Waals surface area contributed by atoms with E-state index in [9.17, 15) is 14.0 Å². The van der Waals surface area contributed by atoms with Crippen LogP contribution in [-0.2, 0) is 4.79 Å². The summed E-state index contributed by atoms with van der Waals surface area (Å²) in [5.74, 6) is -1.52. The van der Waals surface area contributed by atoms with E-state index in [1.54, 1.807) is 30.5 Å². The summed E-state index contributed by atoms with van der Waals surface area (Å²) < 4.78 is 15.3. The summed E-state index contributed by atoms with van der Waals surface area (Å²) in [6.45, 7) is 1.87. The fraction of sp³-hybridized carbons (Fsp3) is 0.250. The fourth-order valence-corrected chi connectivity index (χ4v) is 4.65. The second-order valence-electron chi connectivity index (χ2n) is 9.40. The third kappa shape index (κ3) is 6.27. The lowest BCUT2D eigenvalue weighted by atomic mass is 10.0. The van der Waals surface area contributed by atoms with Gasteiger partial charge in [-0.2, -0.15) is 5.10 Å². The largest absolute Gasteiger partial charge is 0.382 e. The Morgan fingerprint density at radius 1 is 1.10 bits per heavy atom. The highest BCUT2D eigenvalue weighted by molar-refractivity contribution is 6.02. The smallest absolute Gasteiger partial charge is 0.277 e. The van der Waals surface area contributed by atoms with Crippen LogP contribution in [0.1, 0.15) is 41.0 Å². The highest BCUT2D eigenvalue weighted by atomic mass is 35.5. The van der Waals surface area contributed by atoms with E-state index >= 15 is 0 Å². The molecule has 2 amide bonds. The minimum Gasteiger partial charge on any atom is -0.382 e. The lowest BCUT2D eigenvalue weighted by Gasteiger charge is -2.28. The second-order valence-corrected chi connectivity index (χ2v) is 9.40. The summed E-state index contributed by atoms with van der Waals surface area (Å²) in [6, 6.07) is 13.5. The van der Waals surface area contributed by atoms with E-state index in [0.717, 1.165) is 25.9 Å². The van der Waals surface area contributed by atoms with Crippen LogP contribution >= 0.6 is 12.4 Å².